The van der Waals surface area contributed by atoms with Gasteiger partial charge in [-0.1, -0.05) is 12.1 Å². The highest BCUT2D eigenvalue weighted by atomic mass is 19.1. The van der Waals surface area contributed by atoms with E-state index in [1.54, 1.807) is 6.07 Å². The van der Waals surface area contributed by atoms with Crippen molar-refractivity contribution in [1.29, 1.82) is 0 Å². The summed E-state index contributed by atoms with van der Waals surface area (Å²) in [6.07, 6.45) is 1.46. The van der Waals surface area contributed by atoms with E-state index in [1.165, 1.54) is 18.3 Å². The maximum atomic E-state index is 13.7. The molecule has 0 atom stereocenters. The van der Waals surface area contributed by atoms with Gasteiger partial charge < -0.3 is 10.6 Å². The van der Waals surface area contributed by atoms with Gasteiger partial charge in [0, 0.05) is 17.6 Å². The Hall–Kier alpha value is -3.28. The first kappa shape index (κ1) is 17.5. The van der Waals surface area contributed by atoms with Gasteiger partial charge in [-0.2, -0.15) is 0 Å². The van der Waals surface area contributed by atoms with Crippen LogP contribution in [0, 0.1) is 25.5 Å². The number of para-hydroxylation sites is 1. The van der Waals surface area contributed by atoms with Gasteiger partial charge in [0.05, 0.1) is 0 Å². The predicted octanol–water partition coefficient (Wildman–Crippen LogP) is 4.97. The molecule has 0 aliphatic carbocycles. The summed E-state index contributed by atoms with van der Waals surface area (Å²) in [6.45, 7) is 3.99. The van der Waals surface area contributed by atoms with E-state index in [9.17, 15) is 13.6 Å². The number of carbonyl (C=O) groups excluding carboxylic acids is 1. The minimum Gasteiger partial charge on any atom is -0.355 e. The Morgan fingerprint density at radius 2 is 1.58 bits per heavy atom. The topological polar surface area (TPSA) is 54.0 Å². The maximum Gasteiger partial charge on any atom is 0.274 e. The van der Waals surface area contributed by atoms with Crippen LogP contribution in [-0.2, 0) is 0 Å². The number of anilines is 3. The molecule has 0 radical (unpaired) electrons. The Kier molecular flexibility index (Phi) is 4.93. The van der Waals surface area contributed by atoms with Crippen molar-refractivity contribution < 1.29 is 13.6 Å². The summed E-state index contributed by atoms with van der Waals surface area (Å²) >= 11 is 0. The van der Waals surface area contributed by atoms with Crippen molar-refractivity contribution in [2.24, 2.45) is 0 Å². The number of halogens is 2. The fourth-order valence-corrected chi connectivity index (χ4v) is 2.64. The van der Waals surface area contributed by atoms with Gasteiger partial charge in [-0.3, -0.25) is 9.78 Å². The molecule has 1 amide bonds. The molecule has 0 aliphatic heterocycles. The lowest BCUT2D eigenvalue weighted by Crippen LogP contribution is -2.16. The molecule has 132 valence electrons. The van der Waals surface area contributed by atoms with E-state index in [-0.39, 0.29) is 5.69 Å². The van der Waals surface area contributed by atoms with Gasteiger partial charge in [0.15, 0.2) is 0 Å². The van der Waals surface area contributed by atoms with E-state index in [1.807, 2.05) is 26.0 Å². The van der Waals surface area contributed by atoms with Crippen molar-refractivity contribution >= 4 is 23.0 Å². The molecule has 1 heterocycles. The number of aryl methyl sites for hydroxylation is 2. The van der Waals surface area contributed by atoms with E-state index < -0.39 is 23.2 Å². The third kappa shape index (κ3) is 4.03. The smallest absolute Gasteiger partial charge is 0.274 e. The Bertz CT molecular complexity index is 933. The lowest BCUT2D eigenvalue weighted by atomic mass is 10.1. The highest BCUT2D eigenvalue weighted by Crippen LogP contribution is 2.21. The van der Waals surface area contributed by atoms with Gasteiger partial charge in [0.25, 0.3) is 5.91 Å². The Morgan fingerprint density at radius 1 is 0.923 bits per heavy atom. The second-order valence-corrected chi connectivity index (χ2v) is 5.98. The number of nitrogens with one attached hydrogen (secondary N) is 2. The summed E-state index contributed by atoms with van der Waals surface area (Å²) in [4.78, 5) is 16.3. The maximum absolute atomic E-state index is 13.7. The van der Waals surface area contributed by atoms with Crippen molar-refractivity contribution in [1.82, 2.24) is 4.98 Å². The third-order valence-corrected chi connectivity index (χ3v) is 3.70. The fraction of sp³-hybridized carbons (Fsp3) is 0.100. The highest BCUT2D eigenvalue weighted by molar-refractivity contribution is 6.03. The molecule has 0 fully saturated rings. The largest absolute Gasteiger partial charge is 0.355 e. The van der Waals surface area contributed by atoms with Gasteiger partial charge in [0.2, 0.25) is 0 Å². The average Bonchev–Trinajstić information content (AvgIpc) is 2.57. The second-order valence-electron chi connectivity index (χ2n) is 5.98. The van der Waals surface area contributed by atoms with E-state index in [0.29, 0.717) is 5.69 Å². The molecule has 3 aromatic rings. The molecule has 2 aromatic carbocycles. The van der Waals surface area contributed by atoms with Gasteiger partial charge in [-0.25, -0.2) is 8.78 Å². The fourth-order valence-electron chi connectivity index (χ4n) is 2.64. The average molecular weight is 353 g/mol. The van der Waals surface area contributed by atoms with E-state index in [0.717, 1.165) is 28.9 Å². The first-order valence-electron chi connectivity index (χ1n) is 7.99. The summed E-state index contributed by atoms with van der Waals surface area (Å²) in [6, 6.07) is 12.6. The van der Waals surface area contributed by atoms with Gasteiger partial charge in [-0.05, 0) is 61.4 Å². The molecule has 0 unspecified atom stereocenters. The molecular formula is C20H17F2N3O. The van der Waals surface area contributed by atoms with E-state index in [4.69, 9.17) is 0 Å². The van der Waals surface area contributed by atoms with Crippen molar-refractivity contribution in [2.75, 3.05) is 10.6 Å². The standard InChI is InChI=1S/C20H17F2N3O/c1-12-8-13(2)10-15(9-12)24-14-6-7-23-18(11-14)20(26)25-19-16(21)4-3-5-17(19)22/h3-11H,1-2H3,(H,23,24)(H,25,26). The highest BCUT2D eigenvalue weighted by Gasteiger charge is 2.14. The van der Waals surface area contributed by atoms with Crippen LogP contribution in [0.15, 0.2) is 54.7 Å². The number of benzene rings is 2. The lowest BCUT2D eigenvalue weighted by Gasteiger charge is -2.10. The van der Waals surface area contributed by atoms with Crippen molar-refractivity contribution in [2.45, 2.75) is 13.8 Å². The lowest BCUT2D eigenvalue weighted by molar-refractivity contribution is 0.102. The van der Waals surface area contributed by atoms with Crippen LogP contribution < -0.4 is 10.6 Å². The zero-order valence-corrected chi connectivity index (χ0v) is 14.3. The molecule has 1 aromatic heterocycles. The van der Waals surface area contributed by atoms with Crippen molar-refractivity contribution in [3.8, 4) is 0 Å². The number of carbonyl (C=O) groups is 1. The molecule has 3 rings (SSSR count). The number of hydrogen-bond acceptors (Lipinski definition) is 3. The molecule has 0 saturated carbocycles. The van der Waals surface area contributed by atoms with Crippen LogP contribution in [0.4, 0.5) is 25.8 Å². The van der Waals surface area contributed by atoms with Crippen LogP contribution >= 0.6 is 0 Å². The van der Waals surface area contributed by atoms with Crippen LogP contribution in [-0.4, -0.2) is 10.9 Å². The van der Waals surface area contributed by atoms with Gasteiger partial charge in [-0.15, -0.1) is 0 Å². The Labute approximate surface area is 149 Å². The van der Waals surface area contributed by atoms with Crippen LogP contribution in [0.1, 0.15) is 21.6 Å². The first-order valence-corrected chi connectivity index (χ1v) is 7.99. The van der Waals surface area contributed by atoms with E-state index in [2.05, 4.69) is 21.7 Å². The second kappa shape index (κ2) is 7.31. The molecule has 0 spiro atoms. The quantitative estimate of drug-likeness (QED) is 0.696. The number of pyridine rings is 1. The van der Waals surface area contributed by atoms with Crippen LogP contribution in [0.5, 0.6) is 0 Å². The summed E-state index contributed by atoms with van der Waals surface area (Å²) in [5.74, 6) is -2.39. The summed E-state index contributed by atoms with van der Waals surface area (Å²) in [5.41, 5.74) is 3.28. The zero-order valence-electron chi connectivity index (χ0n) is 14.3. The van der Waals surface area contributed by atoms with Crippen molar-refractivity contribution in [3.05, 3.63) is 83.2 Å². The predicted molar refractivity (Wildman–Crippen MR) is 97.7 cm³/mol. The summed E-state index contributed by atoms with van der Waals surface area (Å²) < 4.78 is 27.4. The molecule has 0 bridgehead atoms. The summed E-state index contributed by atoms with van der Waals surface area (Å²) in [7, 11) is 0. The number of nitrogens with zero attached hydrogens (tertiary/aromatic N) is 1. The number of hydrogen-bond donors (Lipinski definition) is 2. The first-order chi connectivity index (χ1) is 12.4. The molecule has 0 saturated heterocycles. The molecule has 2 N–H and O–H groups in total. The van der Waals surface area contributed by atoms with Crippen molar-refractivity contribution in [3.63, 3.8) is 0 Å². The molecule has 6 heteroatoms. The molecular weight excluding hydrogens is 336 g/mol. The number of aromatic nitrogens is 1. The Balaban J connectivity index is 1.81. The Morgan fingerprint density at radius 3 is 2.23 bits per heavy atom. The molecule has 0 aliphatic rings. The molecule has 4 nitrogen and oxygen atoms in total. The van der Waals surface area contributed by atoms with E-state index >= 15 is 0 Å². The summed E-state index contributed by atoms with van der Waals surface area (Å²) in [5, 5.41) is 5.42. The van der Waals surface area contributed by atoms with Gasteiger partial charge >= 0.3 is 0 Å². The normalized spacial score (nSPS) is 10.5. The number of rotatable bonds is 4. The van der Waals surface area contributed by atoms with Crippen LogP contribution in [0.25, 0.3) is 0 Å². The number of amides is 1. The SMILES string of the molecule is Cc1cc(C)cc(Nc2ccnc(C(=O)Nc3c(F)cccc3F)c2)c1. The van der Waals surface area contributed by atoms with Gasteiger partial charge in [0.1, 0.15) is 23.0 Å². The molecule has 26 heavy (non-hydrogen) atoms. The zero-order chi connectivity index (χ0) is 18.7. The minimum atomic E-state index is -0.845. The third-order valence-electron chi connectivity index (χ3n) is 3.70. The monoisotopic (exact) mass is 353 g/mol. The van der Waals surface area contributed by atoms with Crippen LogP contribution in [0.3, 0.4) is 0 Å². The minimum absolute atomic E-state index is 0.0435. The van der Waals surface area contributed by atoms with Crippen LogP contribution in [0.2, 0.25) is 0 Å².